The van der Waals surface area contributed by atoms with E-state index in [-0.39, 0.29) is 11.6 Å². The molecule has 1 rings (SSSR count). The molecule has 0 unspecified atom stereocenters. The molecule has 2 nitrogen and oxygen atoms in total. The molecular formula is C17H20FNO. The molecule has 0 aliphatic heterocycles. The van der Waals surface area contributed by atoms with E-state index in [0.717, 1.165) is 5.56 Å². The number of rotatable bonds is 6. The van der Waals surface area contributed by atoms with Gasteiger partial charge in [0.05, 0.1) is 5.69 Å². The first-order chi connectivity index (χ1) is 9.53. The molecule has 20 heavy (non-hydrogen) atoms. The largest absolute Gasteiger partial charge is 0.353 e. The van der Waals surface area contributed by atoms with E-state index in [1.165, 1.54) is 12.1 Å². The number of hydrogen-bond acceptors (Lipinski definition) is 2. The lowest BCUT2D eigenvalue weighted by Gasteiger charge is -2.12. The molecule has 3 heteroatoms. The Morgan fingerprint density at radius 3 is 2.65 bits per heavy atom. The van der Waals surface area contributed by atoms with E-state index >= 15 is 0 Å². The summed E-state index contributed by atoms with van der Waals surface area (Å²) in [4.78, 5) is 11.9. The molecular weight excluding hydrogens is 253 g/mol. The molecule has 0 radical (unpaired) electrons. The van der Waals surface area contributed by atoms with Crippen LogP contribution < -0.4 is 5.32 Å². The maximum atomic E-state index is 13.9. The van der Waals surface area contributed by atoms with E-state index in [4.69, 9.17) is 0 Å². The van der Waals surface area contributed by atoms with Gasteiger partial charge in [0.15, 0.2) is 5.78 Å². The SMILES string of the molecule is C=C/C(Nc1ccc(C)cc1F)=C(\C=C/C)C(=O)CC. The van der Waals surface area contributed by atoms with Gasteiger partial charge in [-0.25, -0.2) is 4.39 Å². The monoisotopic (exact) mass is 273 g/mol. The molecule has 0 heterocycles. The highest BCUT2D eigenvalue weighted by Crippen LogP contribution is 2.20. The summed E-state index contributed by atoms with van der Waals surface area (Å²) in [5.41, 5.74) is 2.19. The summed E-state index contributed by atoms with van der Waals surface area (Å²) in [6, 6.07) is 4.90. The van der Waals surface area contributed by atoms with Gasteiger partial charge in [0.25, 0.3) is 0 Å². The Labute approximate surface area is 119 Å². The van der Waals surface area contributed by atoms with Crippen molar-refractivity contribution in [2.45, 2.75) is 27.2 Å². The quantitative estimate of drug-likeness (QED) is 0.609. The standard InChI is InChI=1S/C17H20FNO/c1-5-8-13(17(20)7-3)15(6-2)19-16-10-9-12(4)11-14(16)18/h5-6,8-11,19H,2,7H2,1,3-4H3/b8-5-,15-13-. The number of allylic oxidation sites excluding steroid dienone is 4. The van der Waals surface area contributed by atoms with Gasteiger partial charge >= 0.3 is 0 Å². The van der Waals surface area contributed by atoms with Crippen LogP contribution in [-0.4, -0.2) is 5.78 Å². The smallest absolute Gasteiger partial charge is 0.164 e. The Morgan fingerprint density at radius 2 is 2.15 bits per heavy atom. The van der Waals surface area contributed by atoms with E-state index in [1.807, 2.05) is 19.9 Å². The Morgan fingerprint density at radius 1 is 1.45 bits per heavy atom. The minimum absolute atomic E-state index is 0.0157. The highest BCUT2D eigenvalue weighted by Gasteiger charge is 2.11. The molecule has 0 bridgehead atoms. The second-order valence-corrected chi connectivity index (χ2v) is 4.42. The second-order valence-electron chi connectivity index (χ2n) is 4.42. The lowest BCUT2D eigenvalue weighted by Crippen LogP contribution is -2.08. The lowest BCUT2D eigenvalue weighted by atomic mass is 10.1. The third-order valence-corrected chi connectivity index (χ3v) is 2.84. The van der Waals surface area contributed by atoms with Crippen LogP contribution >= 0.6 is 0 Å². The van der Waals surface area contributed by atoms with Crippen LogP contribution in [0.2, 0.25) is 0 Å². The first-order valence-corrected chi connectivity index (χ1v) is 6.59. The predicted octanol–water partition coefficient (Wildman–Crippen LogP) is 4.54. The summed E-state index contributed by atoms with van der Waals surface area (Å²) in [5, 5.41) is 2.94. The molecule has 1 N–H and O–H groups in total. The molecule has 1 aromatic rings. The second kappa shape index (κ2) is 7.43. The Balaban J connectivity index is 3.23. The first-order valence-electron chi connectivity index (χ1n) is 6.59. The van der Waals surface area contributed by atoms with Crippen molar-refractivity contribution in [3.8, 4) is 0 Å². The minimum Gasteiger partial charge on any atom is -0.353 e. The van der Waals surface area contributed by atoms with E-state index < -0.39 is 0 Å². The van der Waals surface area contributed by atoms with Crippen LogP contribution in [0.1, 0.15) is 25.8 Å². The number of aryl methyl sites for hydroxylation is 1. The van der Waals surface area contributed by atoms with Crippen LogP contribution in [0.4, 0.5) is 10.1 Å². The summed E-state index contributed by atoms with van der Waals surface area (Å²) in [6.45, 7) is 9.14. The average molecular weight is 273 g/mol. The van der Waals surface area contributed by atoms with Crippen LogP contribution in [0, 0.1) is 12.7 Å². The molecule has 0 fully saturated rings. The summed E-state index contributed by atoms with van der Waals surface area (Å²) in [6.07, 6.45) is 5.40. The number of Topliss-reactive ketones (excluding diaryl/α,β-unsaturated/α-hetero) is 1. The summed E-state index contributed by atoms with van der Waals surface area (Å²) >= 11 is 0. The molecule has 0 aliphatic carbocycles. The van der Waals surface area contributed by atoms with Crippen molar-refractivity contribution < 1.29 is 9.18 Å². The highest BCUT2D eigenvalue weighted by molar-refractivity contribution is 5.99. The molecule has 0 saturated heterocycles. The van der Waals surface area contributed by atoms with Crippen molar-refractivity contribution >= 4 is 11.5 Å². The molecule has 0 atom stereocenters. The zero-order valence-corrected chi connectivity index (χ0v) is 12.2. The molecule has 106 valence electrons. The summed E-state index contributed by atoms with van der Waals surface area (Å²) < 4.78 is 13.9. The topological polar surface area (TPSA) is 29.1 Å². The van der Waals surface area contributed by atoms with Gasteiger partial charge in [-0.05, 0) is 37.6 Å². The number of carbonyl (C=O) groups excluding carboxylic acids is 1. The summed E-state index contributed by atoms with van der Waals surface area (Å²) in [5.74, 6) is -0.369. The van der Waals surface area contributed by atoms with Crippen molar-refractivity contribution in [1.82, 2.24) is 0 Å². The van der Waals surface area contributed by atoms with E-state index in [0.29, 0.717) is 23.4 Å². The third-order valence-electron chi connectivity index (χ3n) is 2.84. The van der Waals surface area contributed by atoms with Gasteiger partial charge in [-0.3, -0.25) is 4.79 Å². The van der Waals surface area contributed by atoms with E-state index in [9.17, 15) is 9.18 Å². The third kappa shape index (κ3) is 3.92. The maximum absolute atomic E-state index is 13.9. The zero-order chi connectivity index (χ0) is 15.1. The van der Waals surface area contributed by atoms with Gasteiger partial charge in [0, 0.05) is 17.7 Å². The van der Waals surface area contributed by atoms with Crippen LogP contribution in [0.5, 0.6) is 0 Å². The number of carbonyl (C=O) groups is 1. The van der Waals surface area contributed by atoms with Crippen LogP contribution in [0.25, 0.3) is 0 Å². The van der Waals surface area contributed by atoms with Crippen LogP contribution in [-0.2, 0) is 4.79 Å². The number of nitrogens with one attached hydrogen (secondary N) is 1. The summed E-state index contributed by atoms with van der Waals surface area (Å²) in [7, 11) is 0. The minimum atomic E-state index is -0.354. The molecule has 0 amide bonds. The van der Waals surface area contributed by atoms with Gasteiger partial charge < -0.3 is 5.32 Å². The number of ketones is 1. The molecule has 1 aromatic carbocycles. The maximum Gasteiger partial charge on any atom is 0.164 e. The van der Waals surface area contributed by atoms with Gasteiger partial charge in [0.2, 0.25) is 0 Å². The molecule has 0 aromatic heterocycles. The van der Waals surface area contributed by atoms with Crippen molar-refractivity contribution in [3.05, 3.63) is 65.7 Å². The van der Waals surface area contributed by atoms with Gasteiger partial charge in [-0.1, -0.05) is 31.7 Å². The Hall–Kier alpha value is -2.16. The highest BCUT2D eigenvalue weighted by atomic mass is 19.1. The van der Waals surface area contributed by atoms with E-state index in [2.05, 4.69) is 11.9 Å². The van der Waals surface area contributed by atoms with Crippen molar-refractivity contribution in [2.75, 3.05) is 5.32 Å². The fourth-order valence-corrected chi connectivity index (χ4v) is 1.78. The zero-order valence-electron chi connectivity index (χ0n) is 12.2. The predicted molar refractivity (Wildman–Crippen MR) is 82.1 cm³/mol. The Kier molecular flexibility index (Phi) is 5.91. The van der Waals surface area contributed by atoms with Crippen molar-refractivity contribution in [2.24, 2.45) is 0 Å². The fraction of sp³-hybridized carbons (Fsp3) is 0.235. The van der Waals surface area contributed by atoms with Crippen molar-refractivity contribution in [1.29, 1.82) is 0 Å². The van der Waals surface area contributed by atoms with Crippen LogP contribution in [0.3, 0.4) is 0 Å². The number of anilines is 1. The van der Waals surface area contributed by atoms with Gasteiger partial charge in [-0.2, -0.15) is 0 Å². The van der Waals surface area contributed by atoms with Crippen molar-refractivity contribution in [3.63, 3.8) is 0 Å². The normalized spacial score (nSPS) is 12.2. The first kappa shape index (κ1) is 15.9. The number of halogens is 1. The molecule has 0 spiro atoms. The van der Waals surface area contributed by atoms with Gasteiger partial charge in [0.1, 0.15) is 5.82 Å². The lowest BCUT2D eigenvalue weighted by molar-refractivity contribution is -0.115. The fourth-order valence-electron chi connectivity index (χ4n) is 1.78. The Bertz CT molecular complexity index is 570. The number of benzene rings is 1. The van der Waals surface area contributed by atoms with Crippen LogP contribution in [0.15, 0.2) is 54.3 Å². The molecule has 0 aliphatic rings. The van der Waals surface area contributed by atoms with Gasteiger partial charge in [-0.15, -0.1) is 0 Å². The van der Waals surface area contributed by atoms with E-state index in [1.54, 1.807) is 25.1 Å². The average Bonchev–Trinajstić information content (AvgIpc) is 2.44. The number of hydrogen-bond donors (Lipinski definition) is 1. The molecule has 0 saturated carbocycles.